The molecule has 0 aliphatic heterocycles. The number of hydrogen-bond acceptors (Lipinski definition) is 2. The van der Waals surface area contributed by atoms with Gasteiger partial charge in [-0.3, -0.25) is 4.79 Å². The van der Waals surface area contributed by atoms with Gasteiger partial charge < -0.3 is 10.6 Å². The van der Waals surface area contributed by atoms with Crippen molar-refractivity contribution in [2.45, 2.75) is 26.8 Å². The third kappa shape index (κ3) is 4.95. The van der Waals surface area contributed by atoms with E-state index in [0.717, 1.165) is 11.3 Å². The average molecular weight is 281 g/mol. The van der Waals surface area contributed by atoms with Crippen LogP contribution in [0.5, 0.6) is 0 Å². The number of benzene rings is 1. The first-order valence-corrected chi connectivity index (χ1v) is 6.77. The maximum absolute atomic E-state index is 11.8. The molecule has 0 aliphatic carbocycles. The molecule has 2 N–H and O–H groups in total. The molecule has 0 saturated carbocycles. The molecule has 0 saturated heterocycles. The molecule has 0 fully saturated rings. The summed E-state index contributed by atoms with van der Waals surface area (Å²) in [4.78, 5) is 11.8. The Morgan fingerprint density at radius 3 is 2.68 bits per heavy atom. The lowest BCUT2D eigenvalue weighted by Gasteiger charge is -2.18. The summed E-state index contributed by atoms with van der Waals surface area (Å²) in [7, 11) is 0. The Morgan fingerprint density at radius 1 is 1.42 bits per heavy atom. The van der Waals surface area contributed by atoms with Crippen molar-refractivity contribution in [2.75, 3.05) is 11.9 Å². The number of anilines is 1. The highest BCUT2D eigenvalue weighted by atomic mass is 35.5. The minimum Gasteiger partial charge on any atom is -0.376 e. The fourth-order valence-corrected chi connectivity index (χ4v) is 1.69. The van der Waals surface area contributed by atoms with E-state index in [1.807, 2.05) is 19.1 Å². The van der Waals surface area contributed by atoms with E-state index in [-0.39, 0.29) is 18.5 Å². The second-order valence-corrected chi connectivity index (χ2v) is 5.33. The van der Waals surface area contributed by atoms with Gasteiger partial charge in [0.25, 0.3) is 0 Å². The largest absolute Gasteiger partial charge is 0.376 e. The fraction of sp³-hybridized carbons (Fsp3) is 0.400. The summed E-state index contributed by atoms with van der Waals surface area (Å²) in [5.74, 6) is 0.398. The molecule has 0 bridgehead atoms. The topological polar surface area (TPSA) is 41.1 Å². The van der Waals surface area contributed by atoms with Gasteiger partial charge >= 0.3 is 0 Å². The van der Waals surface area contributed by atoms with Crippen molar-refractivity contribution in [1.29, 1.82) is 0 Å². The van der Waals surface area contributed by atoms with Gasteiger partial charge in [0.05, 0.1) is 6.54 Å². The Balaban J connectivity index is 2.57. The highest BCUT2D eigenvalue weighted by Crippen LogP contribution is 2.21. The van der Waals surface area contributed by atoms with Crippen LogP contribution in [0, 0.1) is 5.92 Å². The first kappa shape index (κ1) is 15.6. The zero-order chi connectivity index (χ0) is 14.4. The lowest BCUT2D eigenvalue weighted by Crippen LogP contribution is -2.39. The van der Waals surface area contributed by atoms with Gasteiger partial charge in [0.15, 0.2) is 0 Å². The molecule has 0 heterocycles. The predicted octanol–water partition coefficient (Wildman–Crippen LogP) is 3.56. The highest BCUT2D eigenvalue weighted by Gasteiger charge is 2.10. The summed E-state index contributed by atoms with van der Waals surface area (Å²) in [6.07, 6.45) is 1.71. The van der Waals surface area contributed by atoms with E-state index in [0.29, 0.717) is 10.9 Å². The maximum atomic E-state index is 11.8. The van der Waals surface area contributed by atoms with Crippen LogP contribution in [0.25, 0.3) is 6.08 Å². The van der Waals surface area contributed by atoms with Gasteiger partial charge in [0.1, 0.15) is 0 Å². The van der Waals surface area contributed by atoms with E-state index < -0.39 is 0 Å². The Kier molecular flexibility index (Phi) is 5.90. The number of carbonyl (C=O) groups is 1. The monoisotopic (exact) mass is 280 g/mol. The number of nitrogens with one attached hydrogen (secondary N) is 2. The number of halogens is 1. The van der Waals surface area contributed by atoms with Gasteiger partial charge in [0, 0.05) is 16.8 Å². The molecular formula is C15H21ClN2O. The molecule has 0 spiro atoms. The summed E-state index contributed by atoms with van der Waals surface area (Å²) in [6.45, 7) is 10.1. The van der Waals surface area contributed by atoms with Crippen LogP contribution in [0.3, 0.4) is 0 Å². The molecule has 0 aromatic heterocycles. The second-order valence-electron chi connectivity index (χ2n) is 4.89. The van der Waals surface area contributed by atoms with Crippen molar-refractivity contribution >= 4 is 29.3 Å². The van der Waals surface area contributed by atoms with Crippen molar-refractivity contribution in [3.05, 3.63) is 35.4 Å². The number of carbonyl (C=O) groups excluding carboxylic acids is 1. The van der Waals surface area contributed by atoms with E-state index in [9.17, 15) is 4.79 Å². The van der Waals surface area contributed by atoms with Crippen LogP contribution in [0.15, 0.2) is 24.8 Å². The first-order valence-electron chi connectivity index (χ1n) is 6.39. The van der Waals surface area contributed by atoms with Crippen molar-refractivity contribution in [3.8, 4) is 0 Å². The SMILES string of the molecule is C=Cc1cc(Cl)ccc1NCC(=O)NC(C)C(C)C. The van der Waals surface area contributed by atoms with Crippen LogP contribution in [0.2, 0.25) is 5.02 Å². The summed E-state index contributed by atoms with van der Waals surface area (Å²) in [5, 5.41) is 6.69. The van der Waals surface area contributed by atoms with Gasteiger partial charge in [-0.05, 0) is 36.6 Å². The van der Waals surface area contributed by atoms with Crippen molar-refractivity contribution in [3.63, 3.8) is 0 Å². The second kappa shape index (κ2) is 7.19. The van der Waals surface area contributed by atoms with Gasteiger partial charge in [-0.25, -0.2) is 0 Å². The smallest absolute Gasteiger partial charge is 0.239 e. The van der Waals surface area contributed by atoms with E-state index in [4.69, 9.17) is 11.6 Å². The normalized spacial score (nSPS) is 12.1. The van der Waals surface area contributed by atoms with E-state index >= 15 is 0 Å². The van der Waals surface area contributed by atoms with E-state index in [1.54, 1.807) is 12.1 Å². The molecule has 1 amide bonds. The number of amides is 1. The molecule has 1 unspecified atom stereocenters. The number of hydrogen-bond donors (Lipinski definition) is 2. The first-order chi connectivity index (χ1) is 8.93. The minimum atomic E-state index is -0.0221. The Hall–Kier alpha value is -1.48. The third-order valence-corrected chi connectivity index (χ3v) is 3.30. The standard InChI is InChI=1S/C15H21ClN2O/c1-5-12-8-13(16)6-7-14(12)17-9-15(19)18-11(4)10(2)3/h5-8,10-11,17H,1,9H2,2-4H3,(H,18,19). The minimum absolute atomic E-state index is 0.0221. The van der Waals surface area contributed by atoms with Gasteiger partial charge in [-0.2, -0.15) is 0 Å². The summed E-state index contributed by atoms with van der Waals surface area (Å²) >= 11 is 5.91. The zero-order valence-corrected chi connectivity index (χ0v) is 12.4. The van der Waals surface area contributed by atoms with Crippen molar-refractivity contribution in [2.24, 2.45) is 5.92 Å². The Morgan fingerprint density at radius 2 is 2.11 bits per heavy atom. The van der Waals surface area contributed by atoms with Crippen LogP contribution in [0.1, 0.15) is 26.3 Å². The summed E-state index contributed by atoms with van der Waals surface area (Å²) in [6, 6.07) is 5.61. The molecule has 0 radical (unpaired) electrons. The molecule has 1 rings (SSSR count). The quantitative estimate of drug-likeness (QED) is 0.837. The zero-order valence-electron chi connectivity index (χ0n) is 11.7. The molecule has 19 heavy (non-hydrogen) atoms. The lowest BCUT2D eigenvalue weighted by atomic mass is 10.1. The molecule has 3 nitrogen and oxygen atoms in total. The van der Waals surface area contributed by atoms with Gasteiger partial charge in [-0.1, -0.05) is 38.1 Å². The average Bonchev–Trinajstić information content (AvgIpc) is 2.36. The number of rotatable bonds is 6. The van der Waals surface area contributed by atoms with E-state index in [2.05, 4.69) is 31.1 Å². The van der Waals surface area contributed by atoms with Crippen LogP contribution in [-0.2, 0) is 4.79 Å². The molecule has 1 aromatic rings. The molecule has 4 heteroatoms. The molecular weight excluding hydrogens is 260 g/mol. The lowest BCUT2D eigenvalue weighted by molar-refractivity contribution is -0.120. The summed E-state index contributed by atoms with van der Waals surface area (Å²) < 4.78 is 0. The van der Waals surface area contributed by atoms with Gasteiger partial charge in [0.2, 0.25) is 5.91 Å². The van der Waals surface area contributed by atoms with Crippen LogP contribution in [-0.4, -0.2) is 18.5 Å². The van der Waals surface area contributed by atoms with Crippen LogP contribution in [0.4, 0.5) is 5.69 Å². The molecule has 1 aromatic carbocycles. The Bertz CT molecular complexity index is 457. The van der Waals surface area contributed by atoms with Crippen LogP contribution < -0.4 is 10.6 Å². The van der Waals surface area contributed by atoms with E-state index in [1.165, 1.54) is 0 Å². The van der Waals surface area contributed by atoms with Gasteiger partial charge in [-0.15, -0.1) is 0 Å². The highest BCUT2D eigenvalue weighted by molar-refractivity contribution is 6.30. The third-order valence-electron chi connectivity index (χ3n) is 3.06. The fourth-order valence-electron chi connectivity index (χ4n) is 1.51. The summed E-state index contributed by atoms with van der Waals surface area (Å²) in [5.41, 5.74) is 1.74. The Labute approximate surface area is 120 Å². The molecule has 0 aliphatic rings. The van der Waals surface area contributed by atoms with Crippen LogP contribution >= 0.6 is 11.6 Å². The van der Waals surface area contributed by atoms with Crippen molar-refractivity contribution in [1.82, 2.24) is 5.32 Å². The molecule has 104 valence electrons. The predicted molar refractivity (Wildman–Crippen MR) is 82.5 cm³/mol. The maximum Gasteiger partial charge on any atom is 0.239 e. The molecule has 1 atom stereocenters. The van der Waals surface area contributed by atoms with Crippen molar-refractivity contribution < 1.29 is 4.79 Å².